The van der Waals surface area contributed by atoms with Gasteiger partial charge in [0.05, 0.1) is 10.5 Å². The molecule has 1 saturated heterocycles. The minimum absolute atomic E-state index is 0.150. The highest BCUT2D eigenvalue weighted by atomic mass is 32.1. The molecule has 0 bridgehead atoms. The minimum atomic E-state index is -0.707. The zero-order valence-electron chi connectivity index (χ0n) is 9.92. The molecule has 2 rings (SSSR count). The van der Waals surface area contributed by atoms with Crippen LogP contribution in [0.25, 0.3) is 0 Å². The molecule has 1 aliphatic rings. The Bertz CT molecular complexity index is 415. The highest BCUT2D eigenvalue weighted by molar-refractivity contribution is 7.15. The predicted octanol–water partition coefficient (Wildman–Crippen LogP) is 1.29. The average Bonchev–Trinajstić information content (AvgIpc) is 2.78. The number of ether oxygens (including phenoxy) is 1. The van der Waals surface area contributed by atoms with Gasteiger partial charge in [0.1, 0.15) is 0 Å². The lowest BCUT2D eigenvalue weighted by Gasteiger charge is -2.32. The molecule has 1 aromatic rings. The lowest BCUT2D eigenvalue weighted by molar-refractivity contribution is -0.380. The molecule has 0 atom stereocenters. The zero-order chi connectivity index (χ0) is 13.0. The van der Waals surface area contributed by atoms with Crippen LogP contribution in [0.4, 0.5) is 5.00 Å². The lowest BCUT2D eigenvalue weighted by atomic mass is 9.94. The van der Waals surface area contributed by atoms with E-state index >= 15 is 0 Å². The summed E-state index contributed by atoms with van der Waals surface area (Å²) in [5, 5.41) is 24.0. The van der Waals surface area contributed by atoms with Crippen LogP contribution in [0.3, 0.4) is 0 Å². The number of hydrogen-bond acceptors (Lipinski definition) is 6. The van der Waals surface area contributed by atoms with Gasteiger partial charge < -0.3 is 15.2 Å². The van der Waals surface area contributed by atoms with Crippen LogP contribution in [0.15, 0.2) is 12.1 Å². The second-order valence-corrected chi connectivity index (χ2v) is 5.58. The third-order valence-corrected chi connectivity index (χ3v) is 4.04. The van der Waals surface area contributed by atoms with Gasteiger partial charge in [-0.15, -0.1) is 0 Å². The Morgan fingerprint density at radius 2 is 2.22 bits per heavy atom. The molecule has 18 heavy (non-hydrogen) atoms. The van der Waals surface area contributed by atoms with Crippen LogP contribution in [0.1, 0.15) is 17.7 Å². The normalized spacial score (nSPS) is 18.7. The fourth-order valence-corrected chi connectivity index (χ4v) is 2.70. The van der Waals surface area contributed by atoms with Crippen molar-refractivity contribution in [3.8, 4) is 0 Å². The van der Waals surface area contributed by atoms with Crippen LogP contribution in [0.5, 0.6) is 0 Å². The Morgan fingerprint density at radius 1 is 1.50 bits per heavy atom. The van der Waals surface area contributed by atoms with Crippen LogP contribution in [0.2, 0.25) is 0 Å². The quantitative estimate of drug-likeness (QED) is 0.623. The SMILES string of the molecule is O=[N+]([O-])c1ccc(CNCC2(O)CCOCC2)s1. The number of aliphatic hydroxyl groups is 1. The summed E-state index contributed by atoms with van der Waals surface area (Å²) in [6, 6.07) is 3.24. The van der Waals surface area contributed by atoms with Crippen LogP contribution in [-0.2, 0) is 11.3 Å². The Hall–Kier alpha value is -1.02. The number of hydrogen-bond donors (Lipinski definition) is 2. The maximum absolute atomic E-state index is 10.5. The summed E-state index contributed by atoms with van der Waals surface area (Å²) in [5.74, 6) is 0. The van der Waals surface area contributed by atoms with Gasteiger partial charge in [-0.2, -0.15) is 0 Å². The van der Waals surface area contributed by atoms with Crippen LogP contribution in [-0.4, -0.2) is 35.4 Å². The standard InChI is InChI=1S/C11H16N2O4S/c14-11(3-5-17-6-4-11)8-12-7-9-1-2-10(18-9)13(15)16/h1-2,12,14H,3-8H2. The van der Waals surface area contributed by atoms with Crippen molar-refractivity contribution in [1.82, 2.24) is 5.32 Å². The van der Waals surface area contributed by atoms with Gasteiger partial charge in [-0.05, 0) is 6.07 Å². The van der Waals surface area contributed by atoms with Crippen molar-refractivity contribution >= 4 is 16.3 Å². The molecule has 1 aromatic heterocycles. The number of thiophene rings is 1. The van der Waals surface area contributed by atoms with Crippen molar-refractivity contribution in [3.63, 3.8) is 0 Å². The number of rotatable bonds is 5. The largest absolute Gasteiger partial charge is 0.388 e. The topological polar surface area (TPSA) is 84.6 Å². The van der Waals surface area contributed by atoms with Crippen LogP contribution >= 0.6 is 11.3 Å². The van der Waals surface area contributed by atoms with Crippen molar-refractivity contribution in [1.29, 1.82) is 0 Å². The molecule has 0 amide bonds. The Morgan fingerprint density at radius 3 is 2.83 bits per heavy atom. The van der Waals surface area contributed by atoms with Crippen molar-refractivity contribution in [2.75, 3.05) is 19.8 Å². The molecule has 100 valence electrons. The summed E-state index contributed by atoms with van der Waals surface area (Å²) >= 11 is 1.16. The number of nitro groups is 1. The van der Waals surface area contributed by atoms with Crippen molar-refractivity contribution in [2.24, 2.45) is 0 Å². The van der Waals surface area contributed by atoms with E-state index in [0.29, 0.717) is 39.1 Å². The first-order chi connectivity index (χ1) is 8.59. The van der Waals surface area contributed by atoms with Crippen LogP contribution < -0.4 is 5.32 Å². The van der Waals surface area contributed by atoms with Gasteiger partial charge in [0.2, 0.25) is 0 Å². The molecule has 0 aliphatic carbocycles. The van der Waals surface area contributed by atoms with E-state index in [9.17, 15) is 15.2 Å². The monoisotopic (exact) mass is 272 g/mol. The summed E-state index contributed by atoms with van der Waals surface area (Å²) in [5.41, 5.74) is -0.707. The minimum Gasteiger partial charge on any atom is -0.388 e. The summed E-state index contributed by atoms with van der Waals surface area (Å²) in [4.78, 5) is 11.0. The molecular formula is C11H16N2O4S. The Kier molecular flexibility index (Phi) is 4.28. The Balaban J connectivity index is 1.78. The van der Waals surface area contributed by atoms with E-state index in [-0.39, 0.29) is 9.92 Å². The molecule has 0 spiro atoms. The second kappa shape index (κ2) is 5.75. The maximum Gasteiger partial charge on any atom is 0.324 e. The van der Waals surface area contributed by atoms with Gasteiger partial charge in [-0.25, -0.2) is 0 Å². The third kappa shape index (κ3) is 3.49. The summed E-state index contributed by atoms with van der Waals surface area (Å²) < 4.78 is 5.20. The molecule has 7 heteroatoms. The molecular weight excluding hydrogens is 256 g/mol. The smallest absolute Gasteiger partial charge is 0.324 e. The van der Waals surface area contributed by atoms with Gasteiger partial charge in [-0.3, -0.25) is 10.1 Å². The van der Waals surface area contributed by atoms with Crippen molar-refractivity contribution < 1.29 is 14.8 Å². The highest BCUT2D eigenvalue weighted by Gasteiger charge is 2.29. The van der Waals surface area contributed by atoms with Crippen molar-refractivity contribution in [3.05, 3.63) is 27.1 Å². The van der Waals surface area contributed by atoms with E-state index in [2.05, 4.69) is 5.32 Å². The highest BCUT2D eigenvalue weighted by Crippen LogP contribution is 2.24. The maximum atomic E-state index is 10.5. The molecule has 0 radical (unpaired) electrons. The number of nitrogens with one attached hydrogen (secondary N) is 1. The van der Waals surface area contributed by atoms with Gasteiger partial charge in [0, 0.05) is 50.1 Å². The van der Waals surface area contributed by atoms with Gasteiger partial charge in [0.15, 0.2) is 0 Å². The summed E-state index contributed by atoms with van der Waals surface area (Å²) in [6.45, 7) is 2.20. The molecule has 1 aliphatic heterocycles. The molecule has 1 fully saturated rings. The molecule has 0 unspecified atom stereocenters. The molecule has 0 aromatic carbocycles. The summed E-state index contributed by atoms with van der Waals surface area (Å²) in [7, 11) is 0. The molecule has 6 nitrogen and oxygen atoms in total. The molecule has 2 heterocycles. The lowest BCUT2D eigenvalue weighted by Crippen LogP contribution is -2.44. The first-order valence-electron chi connectivity index (χ1n) is 5.83. The van der Waals surface area contributed by atoms with Gasteiger partial charge in [0.25, 0.3) is 0 Å². The van der Waals surface area contributed by atoms with Crippen LogP contribution in [0, 0.1) is 10.1 Å². The average molecular weight is 272 g/mol. The number of nitrogens with zero attached hydrogens (tertiary/aromatic N) is 1. The fraction of sp³-hybridized carbons (Fsp3) is 0.636. The molecule has 2 N–H and O–H groups in total. The van der Waals surface area contributed by atoms with E-state index in [4.69, 9.17) is 4.74 Å². The van der Waals surface area contributed by atoms with E-state index in [1.54, 1.807) is 6.07 Å². The zero-order valence-corrected chi connectivity index (χ0v) is 10.7. The summed E-state index contributed by atoms with van der Waals surface area (Å²) in [6.07, 6.45) is 1.26. The van der Waals surface area contributed by atoms with Gasteiger partial charge >= 0.3 is 5.00 Å². The fourth-order valence-electron chi connectivity index (χ4n) is 1.91. The second-order valence-electron chi connectivity index (χ2n) is 4.44. The Labute approximate surface area is 109 Å². The van der Waals surface area contributed by atoms with E-state index in [1.807, 2.05) is 0 Å². The van der Waals surface area contributed by atoms with E-state index < -0.39 is 5.60 Å². The third-order valence-electron chi connectivity index (χ3n) is 3.00. The van der Waals surface area contributed by atoms with E-state index in [0.717, 1.165) is 16.2 Å². The van der Waals surface area contributed by atoms with E-state index in [1.165, 1.54) is 6.07 Å². The predicted molar refractivity (Wildman–Crippen MR) is 67.7 cm³/mol. The van der Waals surface area contributed by atoms with Crippen molar-refractivity contribution in [2.45, 2.75) is 25.0 Å². The molecule has 0 saturated carbocycles. The van der Waals surface area contributed by atoms with Gasteiger partial charge in [-0.1, -0.05) is 11.3 Å². The first-order valence-corrected chi connectivity index (χ1v) is 6.65. The first kappa shape index (κ1) is 13.4.